The van der Waals surface area contributed by atoms with Crippen LogP contribution in [-0.2, 0) is 0 Å². The maximum Gasteiger partial charge on any atom is 0.266 e. The molecule has 0 fully saturated rings. The average molecular weight is 1500 g/mol. The summed E-state index contributed by atoms with van der Waals surface area (Å²) in [5, 5.41) is 0. The Bertz CT molecular complexity index is 6750. The normalized spacial score (nSPS) is 13.8. The maximum atomic E-state index is 14.4. The highest BCUT2D eigenvalue weighted by Crippen LogP contribution is 2.43. The molecule has 18 heteroatoms. The van der Waals surface area contributed by atoms with Crippen LogP contribution >= 0.6 is 0 Å². The molecule has 0 spiro atoms. The van der Waals surface area contributed by atoms with Gasteiger partial charge in [0.15, 0.2) is 0 Å². The zero-order chi connectivity index (χ0) is 78.4. The second-order valence-corrected chi connectivity index (χ2v) is 27.9. The van der Waals surface area contributed by atoms with E-state index in [1.807, 2.05) is 134 Å². The summed E-state index contributed by atoms with van der Waals surface area (Å²) in [6.45, 7) is 1.96. The molecule has 10 amide bonds. The summed E-state index contributed by atoms with van der Waals surface area (Å²) in [6.07, 6.45) is 0. The average Bonchev–Trinajstić information content (AvgIpc) is 1.63. The molecule has 0 unspecified atom stereocenters. The maximum absolute atomic E-state index is 14.4. The monoisotopic (exact) mass is 1500 g/mol. The number of benzene rings is 14. The van der Waals surface area contributed by atoms with Crippen LogP contribution in [0.15, 0.2) is 315 Å². The Labute approximate surface area is 656 Å². The van der Waals surface area contributed by atoms with Crippen LogP contribution in [0.1, 0.15) is 120 Å². The number of rotatable bonds is 15. The predicted octanol–water partition coefficient (Wildman–Crippen LogP) is 19.4. The van der Waals surface area contributed by atoms with Gasteiger partial charge in [0.1, 0.15) is 34.5 Å². The highest BCUT2D eigenvalue weighted by Gasteiger charge is 2.43. The lowest BCUT2D eigenvalue weighted by atomic mass is 9.98. The number of aryl methyl sites for hydroxylation is 1. The van der Waals surface area contributed by atoms with Gasteiger partial charge < -0.3 is 14.2 Å². The van der Waals surface area contributed by atoms with Gasteiger partial charge in [0.05, 0.1) is 84.1 Å². The number of nitrogens with zero attached hydrogens (tertiary/aromatic N) is 5. The zero-order valence-corrected chi connectivity index (χ0v) is 60.6. The first-order chi connectivity index (χ1) is 56.0. The van der Waals surface area contributed by atoms with E-state index in [0.717, 1.165) is 58.5 Å². The minimum atomic E-state index is -0.592. The molecule has 5 aliphatic rings. The van der Waals surface area contributed by atoms with Crippen molar-refractivity contribution in [2.24, 2.45) is 0 Å². The number of amides is 10. The van der Waals surface area contributed by atoms with Crippen LogP contribution < -0.4 is 38.7 Å². The SMILES string of the molecule is Cc1cccc(Oc2ccc(N3C(=O)c4ccc(Oc5ccc6c(c5)C(=O)N(c5cccc(-c7cccc(-c8cccc(N9C(=O)c%10ccc(Oc%11ccc%12c(c%11)C(=O)N(c%11cccc(-c%13cccc(-c%14cccc(N%15C(=O)c%16ccc(C#Cc%17ccccc%17)cc%16C%15=O)c%14)c%13)c%11)C%12=O)cc%10C9=O)c8)c7)c5)C6=O)cc4C3=O)cc2)c1. The van der Waals surface area contributed by atoms with E-state index >= 15 is 0 Å². The van der Waals surface area contributed by atoms with Gasteiger partial charge >= 0.3 is 0 Å². The quantitative estimate of drug-likeness (QED) is 0.0690. The van der Waals surface area contributed by atoms with Gasteiger partial charge in [-0.2, -0.15) is 0 Å². The van der Waals surface area contributed by atoms with E-state index in [4.69, 9.17) is 14.2 Å². The fourth-order valence-electron chi connectivity index (χ4n) is 15.1. The van der Waals surface area contributed by atoms with Gasteiger partial charge in [-0.15, -0.1) is 0 Å². The Balaban J connectivity index is 0.498. The number of carbonyl (C=O) groups excluding carboxylic acids is 10. The van der Waals surface area contributed by atoms with Crippen LogP contribution in [-0.4, -0.2) is 59.1 Å². The Kier molecular flexibility index (Phi) is 16.7. The first-order valence-electron chi connectivity index (χ1n) is 36.5. The Morgan fingerprint density at radius 3 is 0.817 bits per heavy atom. The van der Waals surface area contributed by atoms with Gasteiger partial charge in [0, 0.05) is 11.1 Å². The van der Waals surface area contributed by atoms with E-state index in [1.54, 1.807) is 140 Å². The van der Waals surface area contributed by atoms with E-state index in [-0.39, 0.29) is 73.1 Å². The van der Waals surface area contributed by atoms with Crippen molar-refractivity contribution < 1.29 is 62.2 Å². The van der Waals surface area contributed by atoms with Gasteiger partial charge in [-0.3, -0.25) is 47.9 Å². The minimum Gasteiger partial charge on any atom is -0.457 e. The molecule has 14 aromatic carbocycles. The van der Waals surface area contributed by atoms with Crippen molar-refractivity contribution in [1.29, 1.82) is 0 Å². The van der Waals surface area contributed by atoms with Crippen molar-refractivity contribution in [1.82, 2.24) is 0 Å². The van der Waals surface area contributed by atoms with Gasteiger partial charge in [-0.25, -0.2) is 24.5 Å². The van der Waals surface area contributed by atoms with Crippen LogP contribution in [0.2, 0.25) is 0 Å². The summed E-state index contributed by atoms with van der Waals surface area (Å²) in [5.41, 5.74) is 11.7. The summed E-state index contributed by atoms with van der Waals surface area (Å²) in [5.74, 6) is 2.93. The van der Waals surface area contributed by atoms with Gasteiger partial charge in [-0.1, -0.05) is 127 Å². The molecular weight excluding hydrogens is 1440 g/mol. The van der Waals surface area contributed by atoms with Crippen LogP contribution in [0.5, 0.6) is 34.5 Å². The van der Waals surface area contributed by atoms with Gasteiger partial charge in [0.25, 0.3) is 59.1 Å². The minimum absolute atomic E-state index is 0.0893. The van der Waals surface area contributed by atoms with Crippen LogP contribution in [0.25, 0.3) is 44.5 Å². The lowest BCUT2D eigenvalue weighted by Crippen LogP contribution is -2.29. The number of imide groups is 5. The van der Waals surface area contributed by atoms with E-state index in [2.05, 4.69) is 11.8 Å². The van der Waals surface area contributed by atoms with Crippen LogP contribution in [0.3, 0.4) is 0 Å². The highest BCUT2D eigenvalue weighted by atomic mass is 16.5. The lowest BCUT2D eigenvalue weighted by Gasteiger charge is -2.16. The number of hydrogen-bond acceptors (Lipinski definition) is 13. The molecule has 0 atom stereocenters. The summed E-state index contributed by atoms with van der Waals surface area (Å²) in [7, 11) is 0. The molecule has 0 saturated carbocycles. The molecule has 0 bridgehead atoms. The van der Waals surface area contributed by atoms with E-state index in [9.17, 15) is 47.9 Å². The van der Waals surface area contributed by atoms with Gasteiger partial charge in [0.2, 0.25) is 0 Å². The Morgan fingerprint density at radius 1 is 0.191 bits per heavy atom. The molecule has 18 nitrogen and oxygen atoms in total. The third-order valence-electron chi connectivity index (χ3n) is 20.7. The fraction of sp³-hybridized carbons (Fsp3) is 0.0103. The fourth-order valence-corrected chi connectivity index (χ4v) is 15.1. The highest BCUT2D eigenvalue weighted by molar-refractivity contribution is 6.38. The third kappa shape index (κ3) is 12.3. The zero-order valence-electron chi connectivity index (χ0n) is 60.6. The van der Waals surface area contributed by atoms with E-state index in [1.165, 1.54) is 53.4 Å². The number of hydrogen-bond donors (Lipinski definition) is 0. The smallest absolute Gasteiger partial charge is 0.266 e. The lowest BCUT2D eigenvalue weighted by molar-refractivity contribution is 0.0910. The molecule has 19 rings (SSSR count). The first-order valence-corrected chi connectivity index (χ1v) is 36.5. The summed E-state index contributed by atoms with van der Waals surface area (Å²) < 4.78 is 18.4. The Hall–Kier alpha value is -16.3. The second kappa shape index (κ2) is 27.7. The summed E-state index contributed by atoms with van der Waals surface area (Å²) in [6, 6.07) is 90.3. The standard InChI is InChI=1S/C97H55N5O13/c1-56-12-5-27-73(44-56)113-72-33-31-67(32-34-72)98-88(103)79-40-35-74(52-84(79)94(98)109)114-75-36-41-80-85(53-75)95(110)100(90(80)105)70-25-10-21-65(50-70)61-17-7-18-62(47-61)66-22-11-26-71(51-66)102-92(107)82-43-38-77(55-87(82)97(102)112)115-76-37-42-81-86(54-76)96(111)101(91(81)106)69-24-9-20-64(49-69)60-16-6-15-59(46-60)63-19-8-23-68(48-63)99-89(104)78-39-30-58(45-83(78)93(99)108)29-28-57-13-3-2-4-14-57/h2-27,30-55H,1H3. The molecule has 0 aromatic heterocycles. The van der Waals surface area contributed by atoms with Crippen molar-refractivity contribution in [3.63, 3.8) is 0 Å². The van der Waals surface area contributed by atoms with Crippen molar-refractivity contribution in [3.05, 3.63) is 388 Å². The molecule has 5 aliphatic heterocycles. The first kappa shape index (κ1) is 69.2. The van der Waals surface area contributed by atoms with Gasteiger partial charge in [-0.05, 0) is 257 Å². The molecule has 0 saturated heterocycles. The predicted molar refractivity (Wildman–Crippen MR) is 433 cm³/mol. The molecule has 0 aliphatic carbocycles. The van der Waals surface area contributed by atoms with Crippen molar-refractivity contribution in [2.45, 2.75) is 6.92 Å². The molecule has 115 heavy (non-hydrogen) atoms. The topological polar surface area (TPSA) is 215 Å². The van der Waals surface area contributed by atoms with Crippen molar-refractivity contribution in [3.8, 4) is 90.8 Å². The van der Waals surface area contributed by atoms with Crippen molar-refractivity contribution in [2.75, 3.05) is 24.5 Å². The molecule has 0 radical (unpaired) electrons. The largest absolute Gasteiger partial charge is 0.457 e. The number of fused-ring (bicyclic) bond motifs is 5. The molecule has 5 heterocycles. The second-order valence-electron chi connectivity index (χ2n) is 27.9. The van der Waals surface area contributed by atoms with E-state index in [0.29, 0.717) is 67.8 Å². The summed E-state index contributed by atoms with van der Waals surface area (Å²) in [4.78, 5) is 146. The molecule has 546 valence electrons. The van der Waals surface area contributed by atoms with Crippen LogP contribution in [0.4, 0.5) is 28.4 Å². The Morgan fingerprint density at radius 2 is 0.461 bits per heavy atom. The molecule has 0 N–H and O–H groups in total. The molecular formula is C97H55N5O13. The third-order valence-corrected chi connectivity index (χ3v) is 20.7. The number of ether oxygens (including phenoxy) is 3. The van der Waals surface area contributed by atoms with Crippen molar-refractivity contribution >= 4 is 87.5 Å². The number of anilines is 5. The summed E-state index contributed by atoms with van der Waals surface area (Å²) >= 11 is 0. The molecule has 14 aromatic rings. The number of carbonyl (C=O) groups is 10. The van der Waals surface area contributed by atoms with Crippen LogP contribution in [0, 0.1) is 18.8 Å². The van der Waals surface area contributed by atoms with E-state index < -0.39 is 59.1 Å².